The van der Waals surface area contributed by atoms with Gasteiger partial charge in [0.15, 0.2) is 0 Å². The zero-order valence-electron chi connectivity index (χ0n) is 20.3. The van der Waals surface area contributed by atoms with Crippen LogP contribution in [0.15, 0.2) is 71.6 Å². The maximum Gasteiger partial charge on any atom is 0.337 e. The summed E-state index contributed by atoms with van der Waals surface area (Å²) in [6.45, 7) is 3.06. The summed E-state index contributed by atoms with van der Waals surface area (Å²) in [6, 6.07) is 16.9. The van der Waals surface area contributed by atoms with Crippen LogP contribution in [0.25, 0.3) is 0 Å². The van der Waals surface area contributed by atoms with Gasteiger partial charge in [0, 0.05) is 5.69 Å². The minimum Gasteiger partial charge on any atom is -0.465 e. The first kappa shape index (κ1) is 26.4. The number of nitrogens with one attached hydrogen (secondary N) is 1. The largest absolute Gasteiger partial charge is 0.465 e. The third-order valence-electron chi connectivity index (χ3n) is 5.52. The molecule has 0 aliphatic carbocycles. The summed E-state index contributed by atoms with van der Waals surface area (Å²) < 4.78 is 37.6. The van der Waals surface area contributed by atoms with E-state index in [0.29, 0.717) is 11.3 Å². The highest BCUT2D eigenvalue weighted by molar-refractivity contribution is 7.92. The molecule has 9 nitrogen and oxygen atoms in total. The maximum atomic E-state index is 13.6. The number of carbonyl (C=O) groups is 3. The molecule has 1 amide bonds. The molecule has 0 radical (unpaired) electrons. The minimum atomic E-state index is -4.11. The summed E-state index contributed by atoms with van der Waals surface area (Å²) in [7, 11) is -1.74. The number of hydrogen-bond acceptors (Lipinski definition) is 7. The molecule has 0 bridgehead atoms. The van der Waals surface area contributed by atoms with Crippen LogP contribution in [0.2, 0.25) is 0 Å². The molecule has 3 rings (SSSR count). The van der Waals surface area contributed by atoms with Crippen molar-refractivity contribution in [2.45, 2.75) is 18.7 Å². The van der Waals surface area contributed by atoms with Gasteiger partial charge >= 0.3 is 11.9 Å². The van der Waals surface area contributed by atoms with Crippen molar-refractivity contribution >= 4 is 39.2 Å². The van der Waals surface area contributed by atoms with Crippen molar-refractivity contribution in [2.24, 2.45) is 0 Å². The second-order valence-corrected chi connectivity index (χ2v) is 9.74. The summed E-state index contributed by atoms with van der Waals surface area (Å²) >= 11 is 0. The lowest BCUT2D eigenvalue weighted by atomic mass is 10.1. The molecule has 10 heteroatoms. The summed E-state index contributed by atoms with van der Waals surface area (Å²) in [6.07, 6.45) is 0. The Morgan fingerprint density at radius 3 is 1.97 bits per heavy atom. The van der Waals surface area contributed by atoms with Crippen LogP contribution in [0, 0.1) is 13.8 Å². The Bertz CT molecular complexity index is 1370. The van der Waals surface area contributed by atoms with Crippen molar-refractivity contribution in [2.75, 3.05) is 30.4 Å². The lowest BCUT2D eigenvalue weighted by Crippen LogP contribution is -2.38. The Kier molecular flexibility index (Phi) is 8.11. The number of methoxy groups -OCH3 is 2. The fourth-order valence-electron chi connectivity index (χ4n) is 3.53. The summed E-state index contributed by atoms with van der Waals surface area (Å²) in [5.74, 6) is -2.13. The number of sulfonamides is 1. The molecule has 188 valence electrons. The van der Waals surface area contributed by atoms with Gasteiger partial charge in [-0.3, -0.25) is 9.10 Å². The summed E-state index contributed by atoms with van der Waals surface area (Å²) in [5.41, 5.74) is 2.03. The van der Waals surface area contributed by atoms with Crippen LogP contribution >= 0.6 is 0 Å². The third-order valence-corrected chi connectivity index (χ3v) is 7.30. The van der Waals surface area contributed by atoms with Crippen molar-refractivity contribution in [3.63, 3.8) is 0 Å². The predicted octanol–water partition coefficient (Wildman–Crippen LogP) is 3.71. The molecule has 0 fully saturated rings. The van der Waals surface area contributed by atoms with Crippen LogP contribution in [0.3, 0.4) is 0 Å². The molecular weight excluding hydrogens is 484 g/mol. The summed E-state index contributed by atoms with van der Waals surface area (Å²) in [5, 5.41) is 2.58. The van der Waals surface area contributed by atoms with E-state index in [1.807, 2.05) is 13.0 Å². The first-order valence-electron chi connectivity index (χ1n) is 10.8. The number of amides is 1. The van der Waals surface area contributed by atoms with Crippen LogP contribution in [-0.2, 0) is 24.3 Å². The van der Waals surface area contributed by atoms with Gasteiger partial charge in [-0.05, 0) is 61.4 Å². The van der Waals surface area contributed by atoms with E-state index in [4.69, 9.17) is 9.47 Å². The Morgan fingerprint density at radius 1 is 0.833 bits per heavy atom. The average Bonchev–Trinajstić information content (AvgIpc) is 2.88. The number of esters is 2. The molecule has 3 aromatic rings. The molecule has 3 aromatic carbocycles. The first-order chi connectivity index (χ1) is 17.1. The van der Waals surface area contributed by atoms with Gasteiger partial charge < -0.3 is 14.8 Å². The SMILES string of the molecule is COC(=O)c1cc(NC(=O)CN(c2cccc(C)c2C)S(=O)(=O)c2ccccc2)cc(C(=O)OC)c1. The van der Waals surface area contributed by atoms with Gasteiger partial charge in [-0.15, -0.1) is 0 Å². The second kappa shape index (κ2) is 11.0. The van der Waals surface area contributed by atoms with E-state index in [-0.39, 0.29) is 21.7 Å². The van der Waals surface area contributed by atoms with E-state index in [2.05, 4.69) is 5.32 Å². The number of aryl methyl sites for hydroxylation is 1. The van der Waals surface area contributed by atoms with Gasteiger partial charge in [-0.25, -0.2) is 18.0 Å². The van der Waals surface area contributed by atoms with Crippen molar-refractivity contribution in [1.29, 1.82) is 0 Å². The third kappa shape index (κ3) is 5.72. The number of hydrogen-bond donors (Lipinski definition) is 1. The molecule has 0 spiro atoms. The molecule has 0 heterocycles. The van der Waals surface area contributed by atoms with E-state index in [9.17, 15) is 22.8 Å². The minimum absolute atomic E-state index is 0.0130. The molecule has 0 aliphatic heterocycles. The Labute approximate surface area is 209 Å². The smallest absolute Gasteiger partial charge is 0.337 e. The van der Waals surface area contributed by atoms with Gasteiger partial charge in [0.25, 0.3) is 10.0 Å². The first-order valence-corrected chi connectivity index (χ1v) is 12.3. The van der Waals surface area contributed by atoms with Crippen LogP contribution in [0.4, 0.5) is 11.4 Å². The average molecular weight is 511 g/mol. The van der Waals surface area contributed by atoms with Crippen LogP contribution < -0.4 is 9.62 Å². The fraction of sp³-hybridized carbons (Fsp3) is 0.192. The highest BCUT2D eigenvalue weighted by atomic mass is 32.2. The molecule has 0 saturated heterocycles. The maximum absolute atomic E-state index is 13.6. The Morgan fingerprint density at radius 2 is 1.42 bits per heavy atom. The Balaban J connectivity index is 2.01. The standard InChI is InChI=1S/C26H26N2O7S/c1-17-9-8-12-23(18(17)2)28(36(32,33)22-10-6-5-7-11-22)16-24(29)27-21-14-19(25(30)34-3)13-20(15-21)26(31)35-4/h5-15H,16H2,1-4H3,(H,27,29). The van der Waals surface area contributed by atoms with Crippen molar-refractivity contribution in [3.8, 4) is 0 Å². The number of nitrogens with zero attached hydrogens (tertiary/aromatic N) is 1. The normalized spacial score (nSPS) is 10.9. The van der Waals surface area contributed by atoms with E-state index >= 15 is 0 Å². The number of benzene rings is 3. The highest BCUT2D eigenvalue weighted by Gasteiger charge is 2.28. The number of anilines is 2. The van der Waals surface area contributed by atoms with Crippen molar-refractivity contribution < 1.29 is 32.3 Å². The lowest BCUT2D eigenvalue weighted by molar-refractivity contribution is -0.114. The molecule has 0 aromatic heterocycles. The molecule has 36 heavy (non-hydrogen) atoms. The van der Waals surface area contributed by atoms with Gasteiger partial charge in [0.1, 0.15) is 6.54 Å². The van der Waals surface area contributed by atoms with E-state index in [1.54, 1.807) is 37.3 Å². The molecular formula is C26H26N2O7S. The Hall–Kier alpha value is -4.18. The molecule has 0 saturated carbocycles. The summed E-state index contributed by atoms with van der Waals surface area (Å²) in [4.78, 5) is 37.3. The van der Waals surface area contributed by atoms with Crippen LogP contribution in [0.1, 0.15) is 31.8 Å². The topological polar surface area (TPSA) is 119 Å². The van der Waals surface area contributed by atoms with Crippen molar-refractivity contribution in [3.05, 3.63) is 89.0 Å². The van der Waals surface area contributed by atoms with Crippen LogP contribution in [-0.4, -0.2) is 47.0 Å². The van der Waals surface area contributed by atoms with E-state index in [1.165, 1.54) is 44.6 Å². The number of rotatable bonds is 8. The molecule has 0 atom stereocenters. The zero-order chi connectivity index (χ0) is 26.5. The number of carbonyl (C=O) groups excluding carboxylic acids is 3. The zero-order valence-corrected chi connectivity index (χ0v) is 21.1. The number of ether oxygens (including phenoxy) is 2. The second-order valence-electron chi connectivity index (χ2n) is 7.87. The van der Waals surface area contributed by atoms with Crippen LogP contribution in [0.5, 0.6) is 0 Å². The van der Waals surface area contributed by atoms with E-state index in [0.717, 1.165) is 9.87 Å². The molecule has 0 aliphatic rings. The highest BCUT2D eigenvalue weighted by Crippen LogP contribution is 2.28. The molecule has 1 N–H and O–H groups in total. The predicted molar refractivity (Wildman–Crippen MR) is 135 cm³/mol. The lowest BCUT2D eigenvalue weighted by Gasteiger charge is -2.26. The van der Waals surface area contributed by atoms with Gasteiger partial charge in [0.05, 0.1) is 35.9 Å². The van der Waals surface area contributed by atoms with Crippen molar-refractivity contribution in [1.82, 2.24) is 0 Å². The monoisotopic (exact) mass is 510 g/mol. The van der Waals surface area contributed by atoms with E-state index < -0.39 is 34.4 Å². The van der Waals surface area contributed by atoms with Gasteiger partial charge in [-0.2, -0.15) is 0 Å². The quantitative estimate of drug-likeness (QED) is 0.459. The van der Waals surface area contributed by atoms with Gasteiger partial charge in [-0.1, -0.05) is 30.3 Å². The fourth-order valence-corrected chi connectivity index (χ4v) is 5.03. The van der Waals surface area contributed by atoms with Gasteiger partial charge in [0.2, 0.25) is 5.91 Å². The molecule has 0 unspecified atom stereocenters.